The molecule has 0 saturated carbocycles. The van der Waals surface area contributed by atoms with Gasteiger partial charge in [0.25, 0.3) is 0 Å². The molecule has 0 atom stereocenters. The van der Waals surface area contributed by atoms with Crippen LogP contribution in [0.25, 0.3) is 22.5 Å². The predicted octanol–water partition coefficient (Wildman–Crippen LogP) is 1.90. The van der Waals surface area contributed by atoms with Crippen molar-refractivity contribution in [3.8, 4) is 22.5 Å². The normalized spacial score (nSPS) is 10.5. The Hall–Kier alpha value is -2.73. The number of nitrogens with two attached hydrogens (primary N) is 1. The second-order valence-corrected chi connectivity index (χ2v) is 4.50. The summed E-state index contributed by atoms with van der Waals surface area (Å²) in [6.45, 7) is 1.17. The van der Waals surface area contributed by atoms with Gasteiger partial charge in [0.15, 0.2) is 0 Å². The molecule has 4 N–H and O–H groups in total. The highest BCUT2D eigenvalue weighted by Crippen LogP contribution is 2.29. The van der Waals surface area contributed by atoms with E-state index in [1.807, 2.05) is 30.3 Å². The molecule has 0 aliphatic heterocycles. The van der Waals surface area contributed by atoms with Gasteiger partial charge in [0.1, 0.15) is 0 Å². The maximum atomic E-state index is 5.50. The zero-order valence-corrected chi connectivity index (χ0v) is 11.5. The molecule has 1 aromatic carbocycles. The van der Waals surface area contributed by atoms with Crippen LogP contribution in [-0.2, 0) is 0 Å². The molecular weight excluding hydrogens is 264 g/mol. The Morgan fingerprint density at radius 2 is 2.00 bits per heavy atom. The van der Waals surface area contributed by atoms with Crippen LogP contribution in [0.3, 0.4) is 0 Å². The average Bonchev–Trinajstić information content (AvgIpc) is 3.08. The molecule has 0 spiro atoms. The average molecular weight is 280 g/mol. The summed E-state index contributed by atoms with van der Waals surface area (Å²) in [7, 11) is 0. The van der Waals surface area contributed by atoms with Crippen molar-refractivity contribution in [1.29, 1.82) is 0 Å². The molecule has 0 fully saturated rings. The molecule has 6 nitrogen and oxygen atoms in total. The number of hydrogen-bond acceptors (Lipinski definition) is 5. The first-order valence-electron chi connectivity index (χ1n) is 6.73. The molecule has 106 valence electrons. The lowest BCUT2D eigenvalue weighted by molar-refractivity contribution is 0.990. The molecule has 0 bridgehead atoms. The van der Waals surface area contributed by atoms with Crippen molar-refractivity contribution in [1.82, 2.24) is 19.9 Å². The number of aromatic nitrogens is 4. The Balaban J connectivity index is 2.08. The maximum Gasteiger partial charge on any atom is 0.223 e. The lowest BCUT2D eigenvalue weighted by Gasteiger charge is -2.10. The third-order valence-electron chi connectivity index (χ3n) is 3.05. The van der Waals surface area contributed by atoms with Gasteiger partial charge in [-0.3, -0.25) is 0 Å². The van der Waals surface area contributed by atoms with Gasteiger partial charge in [-0.15, -0.1) is 0 Å². The number of aromatic amines is 1. The number of H-pyrrole nitrogens is 1. The van der Waals surface area contributed by atoms with Crippen molar-refractivity contribution < 1.29 is 0 Å². The number of anilines is 1. The van der Waals surface area contributed by atoms with Crippen LogP contribution in [0, 0.1) is 0 Å². The number of rotatable bonds is 5. The molecule has 0 aliphatic rings. The van der Waals surface area contributed by atoms with Gasteiger partial charge in [-0.1, -0.05) is 30.3 Å². The minimum atomic E-state index is 0.534. The molecule has 21 heavy (non-hydrogen) atoms. The van der Waals surface area contributed by atoms with Crippen LogP contribution in [0.2, 0.25) is 0 Å². The highest BCUT2D eigenvalue weighted by atomic mass is 15.1. The Kier molecular flexibility index (Phi) is 3.88. The first kappa shape index (κ1) is 13.3. The highest BCUT2D eigenvalue weighted by molar-refractivity contribution is 5.78. The van der Waals surface area contributed by atoms with E-state index in [1.165, 1.54) is 0 Å². The van der Waals surface area contributed by atoms with Crippen molar-refractivity contribution in [2.45, 2.75) is 0 Å². The fourth-order valence-corrected chi connectivity index (χ4v) is 2.07. The van der Waals surface area contributed by atoms with E-state index >= 15 is 0 Å². The van der Waals surface area contributed by atoms with E-state index in [0.29, 0.717) is 19.0 Å². The van der Waals surface area contributed by atoms with Crippen molar-refractivity contribution in [2.75, 3.05) is 18.4 Å². The molecular formula is C15H16N6. The monoisotopic (exact) mass is 280 g/mol. The summed E-state index contributed by atoms with van der Waals surface area (Å²) in [6.07, 6.45) is 5.20. The van der Waals surface area contributed by atoms with Gasteiger partial charge in [-0.25, -0.2) is 15.0 Å². The Morgan fingerprint density at radius 1 is 1.14 bits per heavy atom. The topological polar surface area (TPSA) is 92.5 Å². The standard InChI is InChI=1S/C15H16N6/c16-6-7-18-15-19-8-12(13-9-17-10-20-13)14(21-15)11-4-2-1-3-5-11/h1-5,8-10H,6-7,16H2,(H,17,20)(H,18,19,21). The largest absolute Gasteiger partial charge is 0.353 e. The zero-order valence-electron chi connectivity index (χ0n) is 11.5. The lowest BCUT2D eigenvalue weighted by Crippen LogP contribution is -2.15. The van der Waals surface area contributed by atoms with Crippen LogP contribution >= 0.6 is 0 Å². The van der Waals surface area contributed by atoms with Crippen molar-refractivity contribution in [3.63, 3.8) is 0 Å². The van der Waals surface area contributed by atoms with Crippen LogP contribution < -0.4 is 11.1 Å². The summed E-state index contributed by atoms with van der Waals surface area (Å²) in [5.41, 5.74) is 9.19. The highest BCUT2D eigenvalue weighted by Gasteiger charge is 2.12. The smallest absolute Gasteiger partial charge is 0.223 e. The number of nitrogens with one attached hydrogen (secondary N) is 2. The van der Waals surface area contributed by atoms with Gasteiger partial charge in [0.2, 0.25) is 5.95 Å². The van der Waals surface area contributed by atoms with E-state index in [9.17, 15) is 0 Å². The summed E-state index contributed by atoms with van der Waals surface area (Å²) < 4.78 is 0. The fourth-order valence-electron chi connectivity index (χ4n) is 2.07. The first-order valence-corrected chi connectivity index (χ1v) is 6.73. The summed E-state index contributed by atoms with van der Waals surface area (Å²) >= 11 is 0. The zero-order chi connectivity index (χ0) is 14.5. The Labute approximate surface area is 122 Å². The number of nitrogens with zero attached hydrogens (tertiary/aromatic N) is 3. The minimum absolute atomic E-state index is 0.534. The SMILES string of the molecule is NCCNc1ncc(-c2cnc[nH]2)c(-c2ccccc2)n1. The van der Waals surface area contributed by atoms with E-state index in [0.717, 1.165) is 22.5 Å². The van der Waals surface area contributed by atoms with E-state index < -0.39 is 0 Å². The Morgan fingerprint density at radius 3 is 2.71 bits per heavy atom. The van der Waals surface area contributed by atoms with Gasteiger partial charge < -0.3 is 16.0 Å². The molecule has 0 saturated heterocycles. The fraction of sp³-hybridized carbons (Fsp3) is 0.133. The third kappa shape index (κ3) is 2.90. The molecule has 0 aliphatic carbocycles. The van der Waals surface area contributed by atoms with Crippen LogP contribution in [0.15, 0.2) is 49.1 Å². The molecule has 3 rings (SSSR count). The second-order valence-electron chi connectivity index (χ2n) is 4.50. The number of hydrogen-bond donors (Lipinski definition) is 3. The van der Waals surface area contributed by atoms with Crippen LogP contribution in [0.4, 0.5) is 5.95 Å². The van der Waals surface area contributed by atoms with Crippen LogP contribution in [-0.4, -0.2) is 33.0 Å². The van der Waals surface area contributed by atoms with Crippen molar-refractivity contribution in [3.05, 3.63) is 49.1 Å². The Bertz CT molecular complexity index is 693. The molecule has 3 aromatic rings. The van der Waals surface area contributed by atoms with E-state index in [4.69, 9.17) is 5.73 Å². The molecule has 0 unspecified atom stereocenters. The molecule has 6 heteroatoms. The lowest BCUT2D eigenvalue weighted by atomic mass is 10.1. The maximum absolute atomic E-state index is 5.50. The number of imidazole rings is 1. The molecule has 2 heterocycles. The predicted molar refractivity (Wildman–Crippen MR) is 82.6 cm³/mol. The quantitative estimate of drug-likeness (QED) is 0.664. The van der Waals surface area contributed by atoms with Crippen LogP contribution in [0.5, 0.6) is 0 Å². The summed E-state index contributed by atoms with van der Waals surface area (Å²) in [4.78, 5) is 16.1. The third-order valence-corrected chi connectivity index (χ3v) is 3.05. The van der Waals surface area contributed by atoms with Gasteiger partial charge in [0, 0.05) is 30.4 Å². The molecule has 0 amide bonds. The molecule has 2 aromatic heterocycles. The van der Waals surface area contributed by atoms with E-state index in [1.54, 1.807) is 18.7 Å². The number of benzene rings is 1. The van der Waals surface area contributed by atoms with Gasteiger partial charge in [-0.2, -0.15) is 0 Å². The van der Waals surface area contributed by atoms with Gasteiger partial charge in [-0.05, 0) is 0 Å². The second kappa shape index (κ2) is 6.15. The summed E-state index contributed by atoms with van der Waals surface area (Å²) in [5.74, 6) is 0.572. The summed E-state index contributed by atoms with van der Waals surface area (Å²) in [6, 6.07) is 10.0. The van der Waals surface area contributed by atoms with Crippen molar-refractivity contribution in [2.24, 2.45) is 5.73 Å². The van der Waals surface area contributed by atoms with E-state index in [2.05, 4.69) is 25.3 Å². The van der Waals surface area contributed by atoms with Gasteiger partial charge in [0.05, 0.1) is 23.9 Å². The minimum Gasteiger partial charge on any atom is -0.353 e. The molecule has 0 radical (unpaired) electrons. The van der Waals surface area contributed by atoms with Crippen LogP contribution in [0.1, 0.15) is 0 Å². The summed E-state index contributed by atoms with van der Waals surface area (Å²) in [5, 5.41) is 3.10. The van der Waals surface area contributed by atoms with E-state index in [-0.39, 0.29) is 0 Å². The first-order chi connectivity index (χ1) is 10.4. The van der Waals surface area contributed by atoms with Crippen molar-refractivity contribution >= 4 is 5.95 Å². The van der Waals surface area contributed by atoms with Gasteiger partial charge >= 0.3 is 0 Å².